The van der Waals surface area contributed by atoms with Crippen molar-refractivity contribution >= 4 is 22.3 Å². The van der Waals surface area contributed by atoms with E-state index in [1.54, 1.807) is 6.92 Å². The lowest BCUT2D eigenvalue weighted by molar-refractivity contribution is -0.702. The third-order valence-corrected chi connectivity index (χ3v) is 5.80. The SMILES string of the molecule is CCOC(=O)c1sc(N)c(C#N)c1C[NH2+][C@@H](c1ccccc1)c1ccc(C)cc1. The number of benzene rings is 2. The van der Waals surface area contributed by atoms with Crippen molar-refractivity contribution < 1.29 is 14.8 Å². The highest BCUT2D eigenvalue weighted by Crippen LogP contribution is 2.31. The summed E-state index contributed by atoms with van der Waals surface area (Å²) < 4.78 is 5.16. The third kappa shape index (κ3) is 4.65. The summed E-state index contributed by atoms with van der Waals surface area (Å²) in [5, 5.41) is 12.0. The van der Waals surface area contributed by atoms with Gasteiger partial charge in [-0.05, 0) is 13.8 Å². The van der Waals surface area contributed by atoms with Crippen molar-refractivity contribution in [2.45, 2.75) is 26.4 Å². The van der Waals surface area contributed by atoms with E-state index in [0.29, 0.717) is 27.5 Å². The van der Waals surface area contributed by atoms with E-state index < -0.39 is 5.97 Å². The summed E-state index contributed by atoms with van der Waals surface area (Å²) >= 11 is 1.12. The molecule has 0 saturated heterocycles. The zero-order valence-electron chi connectivity index (χ0n) is 16.5. The summed E-state index contributed by atoms with van der Waals surface area (Å²) in [4.78, 5) is 12.8. The summed E-state index contributed by atoms with van der Waals surface area (Å²) in [6, 6.07) is 20.8. The number of carbonyl (C=O) groups is 1. The molecule has 0 bridgehead atoms. The van der Waals surface area contributed by atoms with Gasteiger partial charge in [-0.25, -0.2) is 4.79 Å². The summed E-state index contributed by atoms with van der Waals surface area (Å²) in [5.74, 6) is -0.430. The number of nitrogen functional groups attached to an aromatic ring is 1. The molecule has 0 spiro atoms. The zero-order chi connectivity index (χ0) is 20.8. The first-order valence-electron chi connectivity index (χ1n) is 9.48. The van der Waals surface area contributed by atoms with Crippen LogP contribution in [0, 0.1) is 18.3 Å². The summed E-state index contributed by atoms with van der Waals surface area (Å²) in [6.07, 6.45) is 0. The van der Waals surface area contributed by atoms with Gasteiger partial charge in [-0.15, -0.1) is 11.3 Å². The van der Waals surface area contributed by atoms with E-state index in [0.717, 1.165) is 22.5 Å². The molecule has 29 heavy (non-hydrogen) atoms. The summed E-state index contributed by atoms with van der Waals surface area (Å²) in [7, 11) is 0. The van der Waals surface area contributed by atoms with Crippen LogP contribution < -0.4 is 11.1 Å². The van der Waals surface area contributed by atoms with Gasteiger partial charge in [0, 0.05) is 11.1 Å². The molecule has 0 saturated carbocycles. The first-order valence-corrected chi connectivity index (χ1v) is 10.3. The second kappa shape index (κ2) is 9.37. The largest absolute Gasteiger partial charge is 0.462 e. The molecule has 1 heterocycles. The molecule has 0 radical (unpaired) electrons. The minimum atomic E-state index is -0.430. The molecular weight excluding hydrogens is 382 g/mol. The van der Waals surface area contributed by atoms with Crippen molar-refractivity contribution in [3.63, 3.8) is 0 Å². The van der Waals surface area contributed by atoms with Crippen LogP contribution in [0.3, 0.4) is 0 Å². The Morgan fingerprint density at radius 3 is 2.45 bits per heavy atom. The van der Waals surface area contributed by atoms with Gasteiger partial charge in [0.1, 0.15) is 28.5 Å². The Balaban J connectivity index is 1.95. The molecule has 0 unspecified atom stereocenters. The van der Waals surface area contributed by atoms with Crippen molar-refractivity contribution in [2.24, 2.45) is 0 Å². The van der Waals surface area contributed by atoms with Gasteiger partial charge in [-0.1, -0.05) is 60.2 Å². The van der Waals surface area contributed by atoms with Gasteiger partial charge < -0.3 is 15.8 Å². The van der Waals surface area contributed by atoms with Gasteiger partial charge in [0.25, 0.3) is 0 Å². The van der Waals surface area contributed by atoms with Crippen LogP contribution in [0.1, 0.15) is 50.5 Å². The second-order valence-electron chi connectivity index (χ2n) is 6.72. The molecule has 3 rings (SSSR count). The molecule has 1 aromatic heterocycles. The van der Waals surface area contributed by atoms with E-state index >= 15 is 0 Å². The molecule has 5 nitrogen and oxygen atoms in total. The van der Waals surface area contributed by atoms with Gasteiger partial charge in [-0.3, -0.25) is 0 Å². The molecule has 4 N–H and O–H groups in total. The fourth-order valence-electron chi connectivity index (χ4n) is 3.30. The number of quaternary nitrogens is 1. The fraction of sp³-hybridized carbons (Fsp3) is 0.217. The van der Waals surface area contributed by atoms with Gasteiger partial charge in [0.2, 0.25) is 0 Å². The summed E-state index contributed by atoms with van der Waals surface area (Å²) in [5.41, 5.74) is 10.5. The normalized spacial score (nSPS) is 11.6. The number of rotatable bonds is 7. The molecule has 0 aliphatic carbocycles. The molecule has 2 aromatic carbocycles. The van der Waals surface area contributed by atoms with Crippen LogP contribution in [0.2, 0.25) is 0 Å². The maximum absolute atomic E-state index is 12.4. The number of nitriles is 1. The number of hydrogen-bond acceptors (Lipinski definition) is 5. The number of nitrogens with zero attached hydrogens (tertiary/aromatic N) is 1. The van der Waals surface area contributed by atoms with Crippen LogP contribution in [-0.4, -0.2) is 12.6 Å². The molecular formula is C23H24N3O2S+. The summed E-state index contributed by atoms with van der Waals surface area (Å²) in [6.45, 7) is 4.54. The van der Waals surface area contributed by atoms with Crippen LogP contribution in [0.5, 0.6) is 0 Å². The van der Waals surface area contributed by atoms with E-state index in [1.807, 2.05) is 18.2 Å². The van der Waals surface area contributed by atoms with Crippen LogP contribution in [0.25, 0.3) is 0 Å². The monoisotopic (exact) mass is 406 g/mol. The van der Waals surface area contributed by atoms with Gasteiger partial charge >= 0.3 is 5.97 Å². The lowest BCUT2D eigenvalue weighted by atomic mass is 9.97. The van der Waals surface area contributed by atoms with Gasteiger partial charge in [-0.2, -0.15) is 5.26 Å². The minimum absolute atomic E-state index is 0.0273. The van der Waals surface area contributed by atoms with E-state index in [4.69, 9.17) is 10.5 Å². The molecule has 0 aliphatic rings. The first-order chi connectivity index (χ1) is 14.0. The van der Waals surface area contributed by atoms with E-state index in [1.165, 1.54) is 5.56 Å². The maximum atomic E-state index is 12.4. The highest BCUT2D eigenvalue weighted by atomic mass is 32.1. The third-order valence-electron chi connectivity index (χ3n) is 4.76. The van der Waals surface area contributed by atoms with Crippen molar-refractivity contribution in [3.8, 4) is 6.07 Å². The fourth-order valence-corrected chi connectivity index (χ4v) is 4.24. The second-order valence-corrected chi connectivity index (χ2v) is 7.77. The van der Waals surface area contributed by atoms with Crippen LogP contribution >= 0.6 is 11.3 Å². The highest BCUT2D eigenvalue weighted by molar-refractivity contribution is 7.18. The molecule has 148 valence electrons. The number of nitrogens with two attached hydrogens (primary N) is 2. The average Bonchev–Trinajstić information content (AvgIpc) is 3.06. The number of thiophene rings is 1. The van der Waals surface area contributed by atoms with Crippen molar-refractivity contribution in [1.82, 2.24) is 0 Å². The topological polar surface area (TPSA) is 92.7 Å². The number of ether oxygens (including phenoxy) is 1. The predicted molar refractivity (Wildman–Crippen MR) is 114 cm³/mol. The van der Waals surface area contributed by atoms with Crippen LogP contribution in [0.15, 0.2) is 54.6 Å². The standard InChI is InChI=1S/C23H23N3O2S/c1-3-28-23(27)21-19(18(13-24)22(25)29-21)14-26-20(16-7-5-4-6-8-16)17-11-9-15(2)10-12-17/h4-12,20,26H,3,14,25H2,1-2H3/p+1/t20-/m0/s1. The number of carbonyl (C=O) groups excluding carboxylic acids is 1. The van der Waals surface area contributed by atoms with Crippen molar-refractivity contribution in [3.05, 3.63) is 87.3 Å². The van der Waals surface area contributed by atoms with E-state index in [2.05, 4.69) is 54.7 Å². The maximum Gasteiger partial charge on any atom is 0.348 e. The molecule has 0 fully saturated rings. The lowest BCUT2D eigenvalue weighted by Gasteiger charge is -2.17. The van der Waals surface area contributed by atoms with Gasteiger partial charge in [0.15, 0.2) is 0 Å². The molecule has 3 aromatic rings. The Labute approximate surface area is 174 Å². The molecule has 6 heteroatoms. The molecule has 0 amide bonds. The molecule has 0 aliphatic heterocycles. The quantitative estimate of drug-likeness (QED) is 0.587. The minimum Gasteiger partial charge on any atom is -0.462 e. The van der Waals surface area contributed by atoms with Crippen molar-refractivity contribution in [2.75, 3.05) is 12.3 Å². The van der Waals surface area contributed by atoms with E-state index in [9.17, 15) is 10.1 Å². The van der Waals surface area contributed by atoms with Gasteiger partial charge in [0.05, 0.1) is 17.7 Å². The van der Waals surface area contributed by atoms with E-state index in [-0.39, 0.29) is 12.6 Å². The number of hydrogen-bond donors (Lipinski definition) is 2. The Morgan fingerprint density at radius 1 is 1.17 bits per heavy atom. The van der Waals surface area contributed by atoms with Crippen LogP contribution in [-0.2, 0) is 11.3 Å². The number of anilines is 1. The average molecular weight is 407 g/mol. The van der Waals surface area contributed by atoms with Crippen molar-refractivity contribution in [1.29, 1.82) is 5.26 Å². The highest BCUT2D eigenvalue weighted by Gasteiger charge is 2.26. The first kappa shape index (κ1) is 20.6. The number of aryl methyl sites for hydroxylation is 1. The number of esters is 1. The smallest absolute Gasteiger partial charge is 0.348 e. The Morgan fingerprint density at radius 2 is 1.83 bits per heavy atom. The van der Waals surface area contributed by atoms with Crippen LogP contribution in [0.4, 0.5) is 5.00 Å². The Bertz CT molecular complexity index is 1020. The zero-order valence-corrected chi connectivity index (χ0v) is 17.3. The predicted octanol–water partition coefficient (Wildman–Crippen LogP) is 3.54. The molecule has 1 atom stereocenters. The lowest BCUT2D eigenvalue weighted by Crippen LogP contribution is -2.84. The Hall–Kier alpha value is -3.14. The Kier molecular flexibility index (Phi) is 6.65.